The predicted octanol–water partition coefficient (Wildman–Crippen LogP) is 2.32. The molecule has 1 saturated heterocycles. The molecule has 1 aliphatic heterocycles. The van der Waals surface area contributed by atoms with E-state index < -0.39 is 5.60 Å². The number of nitrogens with zero attached hydrogens (tertiary/aromatic N) is 3. The Morgan fingerprint density at radius 1 is 1.46 bits per heavy atom. The van der Waals surface area contributed by atoms with E-state index in [0.717, 1.165) is 25.1 Å². The van der Waals surface area contributed by atoms with Crippen LogP contribution in [0, 0.1) is 5.92 Å². The summed E-state index contributed by atoms with van der Waals surface area (Å²) in [6.07, 6.45) is 6.73. The number of hydrogen-bond acceptors (Lipinski definition) is 4. The molecule has 3 rings (SSSR count). The van der Waals surface area contributed by atoms with Gasteiger partial charge >= 0.3 is 0 Å². The quantitative estimate of drug-likeness (QED) is 0.799. The smallest absolute Gasteiger partial charge is 0.255 e. The zero-order chi connectivity index (χ0) is 17.2. The molecule has 1 aromatic rings. The summed E-state index contributed by atoms with van der Waals surface area (Å²) in [6.45, 7) is 2.46. The zero-order valence-electron chi connectivity index (χ0n) is 14.2. The Morgan fingerprint density at radius 2 is 2.25 bits per heavy atom. The van der Waals surface area contributed by atoms with E-state index in [1.54, 1.807) is 6.20 Å². The molecule has 1 aromatic heterocycles. The summed E-state index contributed by atoms with van der Waals surface area (Å²) in [5.74, 6) is 0.521. The Labute approximate surface area is 148 Å². The molecule has 0 spiro atoms. The number of amides is 1. The molecule has 1 aliphatic carbocycles. The fraction of sp³-hybridized carbons (Fsp3) is 0.667. The maximum atomic E-state index is 12.8. The zero-order valence-corrected chi connectivity index (χ0v) is 15.0. The first-order valence-corrected chi connectivity index (χ1v) is 9.15. The number of halogens is 1. The van der Waals surface area contributed by atoms with Crippen molar-refractivity contribution in [3.05, 3.63) is 29.0 Å². The first-order chi connectivity index (χ1) is 11.5. The third-order valence-corrected chi connectivity index (χ3v) is 5.56. The molecule has 0 aromatic carbocycles. The van der Waals surface area contributed by atoms with Crippen LogP contribution in [-0.4, -0.2) is 58.1 Å². The van der Waals surface area contributed by atoms with Gasteiger partial charge in [0.2, 0.25) is 0 Å². The van der Waals surface area contributed by atoms with Gasteiger partial charge in [-0.2, -0.15) is 0 Å². The van der Waals surface area contributed by atoms with Crippen LogP contribution in [0.1, 0.15) is 37.7 Å². The van der Waals surface area contributed by atoms with Gasteiger partial charge in [0.15, 0.2) is 5.60 Å². The highest BCUT2D eigenvalue weighted by Crippen LogP contribution is 2.31. The fourth-order valence-corrected chi connectivity index (χ4v) is 3.88. The van der Waals surface area contributed by atoms with Crippen molar-refractivity contribution in [3.63, 3.8) is 0 Å². The Bertz CT molecular complexity index is 593. The summed E-state index contributed by atoms with van der Waals surface area (Å²) in [4.78, 5) is 20.7. The average molecular weight is 352 g/mol. The normalized spacial score (nSPS) is 25.2. The van der Waals surface area contributed by atoms with E-state index >= 15 is 0 Å². The van der Waals surface area contributed by atoms with Gasteiger partial charge in [-0.05, 0) is 44.7 Å². The van der Waals surface area contributed by atoms with Gasteiger partial charge in [0.1, 0.15) is 5.15 Å². The highest BCUT2D eigenvalue weighted by Gasteiger charge is 2.43. The Morgan fingerprint density at radius 3 is 2.92 bits per heavy atom. The minimum Gasteiger partial charge on any atom is -0.379 e. The minimum atomic E-state index is -1.29. The summed E-state index contributed by atoms with van der Waals surface area (Å²) in [5.41, 5.74) is -0.384. The van der Waals surface area contributed by atoms with Crippen LogP contribution in [0.25, 0.3) is 0 Å². The highest BCUT2D eigenvalue weighted by molar-refractivity contribution is 6.30. The molecule has 24 heavy (non-hydrogen) atoms. The molecular weight excluding hydrogens is 326 g/mol. The molecule has 2 heterocycles. The molecule has 0 radical (unpaired) electrons. The van der Waals surface area contributed by atoms with Crippen LogP contribution in [0.15, 0.2) is 18.3 Å². The molecule has 132 valence electrons. The summed E-state index contributed by atoms with van der Waals surface area (Å²) in [7, 11) is 1.90. The van der Waals surface area contributed by atoms with Gasteiger partial charge in [-0.25, -0.2) is 4.98 Å². The number of rotatable bonds is 6. The third-order valence-electron chi connectivity index (χ3n) is 5.22. The van der Waals surface area contributed by atoms with Crippen LogP contribution in [0.5, 0.6) is 0 Å². The molecule has 1 unspecified atom stereocenters. The molecule has 1 amide bonds. The van der Waals surface area contributed by atoms with Gasteiger partial charge in [0, 0.05) is 37.9 Å². The fourth-order valence-electron chi connectivity index (χ4n) is 3.70. The van der Waals surface area contributed by atoms with E-state index in [4.69, 9.17) is 11.6 Å². The summed E-state index contributed by atoms with van der Waals surface area (Å²) in [5, 5.41) is 11.4. The van der Waals surface area contributed by atoms with Gasteiger partial charge in [-0.15, -0.1) is 0 Å². The molecule has 1 saturated carbocycles. The lowest BCUT2D eigenvalue weighted by Gasteiger charge is -2.42. The third kappa shape index (κ3) is 3.90. The molecule has 6 heteroatoms. The molecule has 5 nitrogen and oxygen atoms in total. The number of likely N-dealkylation sites (tertiary alicyclic amines) is 1. The standard InChI is InChI=1S/C18H26ClN3O2/c1-21(12-15-7-3-9-20-16(15)19)13-18(24)8-4-10-22(17(18)23)11-14-5-2-6-14/h3,7,9,14,24H,2,4-6,8,10-13H2,1H3. The number of carbonyl (C=O) groups excluding carboxylic acids is 1. The Hall–Kier alpha value is -1.17. The molecule has 1 atom stereocenters. The Balaban J connectivity index is 1.61. The van der Waals surface area contributed by atoms with E-state index in [1.165, 1.54) is 19.3 Å². The lowest BCUT2D eigenvalue weighted by Crippen LogP contribution is -2.59. The van der Waals surface area contributed by atoms with Crippen LogP contribution in [0.3, 0.4) is 0 Å². The van der Waals surface area contributed by atoms with Crippen molar-refractivity contribution in [2.24, 2.45) is 5.92 Å². The lowest BCUT2D eigenvalue weighted by atomic mass is 9.83. The predicted molar refractivity (Wildman–Crippen MR) is 93.7 cm³/mol. The number of hydrogen-bond donors (Lipinski definition) is 1. The maximum Gasteiger partial charge on any atom is 0.255 e. The number of piperidine rings is 1. The first kappa shape index (κ1) is 17.6. The molecule has 0 bridgehead atoms. The van der Waals surface area contributed by atoms with Crippen molar-refractivity contribution in [1.82, 2.24) is 14.8 Å². The van der Waals surface area contributed by atoms with Crippen molar-refractivity contribution in [1.29, 1.82) is 0 Å². The molecule has 1 N–H and O–H groups in total. The molecule has 2 fully saturated rings. The molecular formula is C18H26ClN3O2. The SMILES string of the molecule is CN(Cc1cccnc1Cl)CC1(O)CCCN(CC2CCC2)C1=O. The van der Waals surface area contributed by atoms with Crippen molar-refractivity contribution < 1.29 is 9.90 Å². The number of likely N-dealkylation sites (N-methyl/N-ethyl adjacent to an activating group) is 1. The highest BCUT2D eigenvalue weighted by atomic mass is 35.5. The average Bonchev–Trinajstić information content (AvgIpc) is 2.49. The number of aromatic nitrogens is 1. The lowest BCUT2D eigenvalue weighted by molar-refractivity contribution is -0.160. The summed E-state index contributed by atoms with van der Waals surface area (Å²) >= 11 is 6.10. The number of pyridine rings is 1. The van der Waals surface area contributed by atoms with Crippen molar-refractivity contribution in [3.8, 4) is 0 Å². The largest absolute Gasteiger partial charge is 0.379 e. The van der Waals surface area contributed by atoms with E-state index in [0.29, 0.717) is 30.6 Å². The Kier molecular flexibility index (Phi) is 5.42. The van der Waals surface area contributed by atoms with Gasteiger partial charge in [-0.1, -0.05) is 24.1 Å². The van der Waals surface area contributed by atoms with Crippen LogP contribution in [0.4, 0.5) is 0 Å². The van der Waals surface area contributed by atoms with E-state index in [2.05, 4.69) is 4.98 Å². The topological polar surface area (TPSA) is 56.7 Å². The van der Waals surface area contributed by atoms with E-state index in [-0.39, 0.29) is 5.91 Å². The second kappa shape index (κ2) is 7.38. The van der Waals surface area contributed by atoms with Gasteiger partial charge in [0.05, 0.1) is 0 Å². The molecule has 2 aliphatic rings. The summed E-state index contributed by atoms with van der Waals surface area (Å²) < 4.78 is 0. The van der Waals surface area contributed by atoms with Crippen molar-refractivity contribution in [2.75, 3.05) is 26.7 Å². The van der Waals surface area contributed by atoms with E-state index in [1.807, 2.05) is 29.0 Å². The second-order valence-electron chi connectivity index (χ2n) is 7.31. The van der Waals surface area contributed by atoms with Crippen LogP contribution in [0.2, 0.25) is 5.15 Å². The van der Waals surface area contributed by atoms with Gasteiger partial charge in [-0.3, -0.25) is 9.69 Å². The van der Waals surface area contributed by atoms with Gasteiger partial charge in [0.25, 0.3) is 5.91 Å². The van der Waals surface area contributed by atoms with Crippen LogP contribution in [-0.2, 0) is 11.3 Å². The van der Waals surface area contributed by atoms with Crippen molar-refractivity contribution >= 4 is 17.5 Å². The van der Waals surface area contributed by atoms with Crippen LogP contribution >= 0.6 is 11.6 Å². The monoisotopic (exact) mass is 351 g/mol. The number of aliphatic hydroxyl groups is 1. The van der Waals surface area contributed by atoms with E-state index in [9.17, 15) is 9.90 Å². The second-order valence-corrected chi connectivity index (χ2v) is 7.67. The van der Waals surface area contributed by atoms with Crippen LogP contribution < -0.4 is 0 Å². The summed E-state index contributed by atoms with van der Waals surface area (Å²) in [6, 6.07) is 3.76. The maximum absolute atomic E-state index is 12.8. The first-order valence-electron chi connectivity index (χ1n) is 8.77. The van der Waals surface area contributed by atoms with Crippen molar-refractivity contribution in [2.45, 2.75) is 44.2 Å². The minimum absolute atomic E-state index is 0.107. The van der Waals surface area contributed by atoms with Gasteiger partial charge < -0.3 is 10.0 Å². The number of carbonyl (C=O) groups is 1.